The van der Waals surface area contributed by atoms with Gasteiger partial charge >= 0.3 is 5.97 Å². The number of benzene rings is 1. The van der Waals surface area contributed by atoms with Gasteiger partial charge in [0.15, 0.2) is 17.3 Å². The summed E-state index contributed by atoms with van der Waals surface area (Å²) in [4.78, 5) is 24.1. The van der Waals surface area contributed by atoms with Crippen LogP contribution in [-0.2, 0) is 9.53 Å². The van der Waals surface area contributed by atoms with Crippen LogP contribution in [0.1, 0.15) is 23.0 Å². The van der Waals surface area contributed by atoms with Crippen molar-refractivity contribution in [2.45, 2.75) is 13.3 Å². The molecule has 1 heterocycles. The Balaban J connectivity index is 2.35. The number of ether oxygens (including phenoxy) is 2. The minimum absolute atomic E-state index is 0.0558. The maximum atomic E-state index is 12.3. The molecule has 2 rings (SSSR count). The van der Waals surface area contributed by atoms with E-state index in [1.807, 2.05) is 0 Å². The molecule has 7 heteroatoms. The van der Waals surface area contributed by atoms with E-state index in [0.29, 0.717) is 10.3 Å². The third-order valence-corrected chi connectivity index (χ3v) is 4.80. The molecule has 0 aliphatic carbocycles. The number of halogens is 1. The number of hydrogen-bond donors (Lipinski definition) is 1. The summed E-state index contributed by atoms with van der Waals surface area (Å²) in [5.74, 6) is -1.01. The lowest BCUT2D eigenvalue weighted by Crippen LogP contribution is -2.16. The molecule has 0 amide bonds. The lowest BCUT2D eigenvalue weighted by atomic mass is 10.0. The van der Waals surface area contributed by atoms with Crippen molar-refractivity contribution < 1.29 is 24.2 Å². The Kier molecular flexibility index (Phi) is 4.93. The molecule has 22 heavy (non-hydrogen) atoms. The normalized spacial score (nSPS) is 12.2. The minimum Gasteiger partial charge on any atom is -0.503 e. The van der Waals surface area contributed by atoms with Gasteiger partial charge in [-0.05, 0) is 6.07 Å². The van der Waals surface area contributed by atoms with Gasteiger partial charge in [0.2, 0.25) is 0 Å². The summed E-state index contributed by atoms with van der Waals surface area (Å²) in [5, 5.41) is 10.6. The van der Waals surface area contributed by atoms with E-state index in [-0.39, 0.29) is 28.7 Å². The first-order valence-electron chi connectivity index (χ1n) is 6.49. The molecule has 1 atom stereocenters. The van der Waals surface area contributed by atoms with Gasteiger partial charge in [0, 0.05) is 22.6 Å². The minimum atomic E-state index is -0.513. The van der Waals surface area contributed by atoms with Crippen LogP contribution in [-0.4, -0.2) is 31.1 Å². The molecular weight excluding hydrogens is 328 g/mol. The Morgan fingerprint density at radius 3 is 2.64 bits per heavy atom. The summed E-state index contributed by atoms with van der Waals surface area (Å²) < 4.78 is 10.4. The zero-order valence-corrected chi connectivity index (χ0v) is 13.9. The van der Waals surface area contributed by atoms with Gasteiger partial charge in [0.1, 0.15) is 0 Å². The SMILES string of the molecule is COC(=O)C(C)CC(=O)c1cc2c(Cl)c(O)c(OC)cc2s1. The van der Waals surface area contributed by atoms with E-state index in [4.69, 9.17) is 16.3 Å². The zero-order chi connectivity index (χ0) is 16.4. The molecule has 0 aliphatic heterocycles. The lowest BCUT2D eigenvalue weighted by molar-refractivity contribution is -0.144. The predicted molar refractivity (Wildman–Crippen MR) is 85.2 cm³/mol. The van der Waals surface area contributed by atoms with E-state index in [9.17, 15) is 14.7 Å². The molecule has 0 saturated heterocycles. The molecule has 118 valence electrons. The number of hydrogen-bond acceptors (Lipinski definition) is 6. The number of aromatic hydroxyl groups is 1. The first kappa shape index (κ1) is 16.6. The third kappa shape index (κ3) is 3.03. The molecule has 2 aromatic rings. The standard InChI is InChI=1S/C15H15ClO5S/c1-7(15(19)21-3)4-9(17)12-5-8-11(22-12)6-10(20-2)14(18)13(8)16/h5-7,18H,4H2,1-3H3. The van der Waals surface area contributed by atoms with Gasteiger partial charge in [0.05, 0.1) is 30.0 Å². The van der Waals surface area contributed by atoms with Crippen LogP contribution in [0.15, 0.2) is 12.1 Å². The number of esters is 1. The second-order valence-corrected chi connectivity index (χ2v) is 6.28. The van der Waals surface area contributed by atoms with Crippen molar-refractivity contribution >= 4 is 44.8 Å². The van der Waals surface area contributed by atoms with Crippen molar-refractivity contribution in [1.29, 1.82) is 0 Å². The third-order valence-electron chi connectivity index (χ3n) is 3.29. The number of ketones is 1. The summed E-state index contributed by atoms with van der Waals surface area (Å²) in [6, 6.07) is 3.25. The van der Waals surface area contributed by atoms with Crippen LogP contribution in [0.4, 0.5) is 0 Å². The van der Waals surface area contributed by atoms with Crippen LogP contribution in [0.5, 0.6) is 11.5 Å². The van der Waals surface area contributed by atoms with E-state index in [1.165, 1.54) is 25.6 Å². The zero-order valence-electron chi connectivity index (χ0n) is 12.3. The maximum absolute atomic E-state index is 12.3. The Labute approximate surface area is 136 Å². The summed E-state index contributed by atoms with van der Waals surface area (Å²) in [6.45, 7) is 1.64. The molecule has 1 aromatic carbocycles. The van der Waals surface area contributed by atoms with Gasteiger partial charge in [-0.3, -0.25) is 9.59 Å². The fraction of sp³-hybridized carbons (Fsp3) is 0.333. The molecule has 0 radical (unpaired) electrons. The lowest BCUT2D eigenvalue weighted by Gasteiger charge is -2.06. The van der Waals surface area contributed by atoms with E-state index in [2.05, 4.69) is 4.74 Å². The van der Waals surface area contributed by atoms with Gasteiger partial charge < -0.3 is 14.6 Å². The average molecular weight is 343 g/mol. The molecular formula is C15H15ClO5S. The van der Waals surface area contributed by atoms with Crippen LogP contribution in [0.3, 0.4) is 0 Å². The molecule has 0 bridgehead atoms. The number of carbonyl (C=O) groups excluding carboxylic acids is 2. The predicted octanol–water partition coefficient (Wildman–Crippen LogP) is 3.65. The van der Waals surface area contributed by atoms with Crippen molar-refractivity contribution in [1.82, 2.24) is 0 Å². The second kappa shape index (κ2) is 6.54. The Morgan fingerprint density at radius 2 is 2.05 bits per heavy atom. The van der Waals surface area contributed by atoms with E-state index < -0.39 is 11.9 Å². The van der Waals surface area contributed by atoms with Crippen LogP contribution < -0.4 is 4.74 Å². The first-order chi connectivity index (χ1) is 10.4. The Morgan fingerprint density at radius 1 is 1.36 bits per heavy atom. The quantitative estimate of drug-likeness (QED) is 0.663. The summed E-state index contributed by atoms with van der Waals surface area (Å²) in [7, 11) is 2.71. The van der Waals surface area contributed by atoms with Crippen LogP contribution >= 0.6 is 22.9 Å². The van der Waals surface area contributed by atoms with Crippen LogP contribution in [0.25, 0.3) is 10.1 Å². The highest BCUT2D eigenvalue weighted by Crippen LogP contribution is 2.43. The van der Waals surface area contributed by atoms with Gasteiger partial charge in [-0.2, -0.15) is 0 Å². The Bertz CT molecular complexity index is 737. The highest BCUT2D eigenvalue weighted by molar-refractivity contribution is 7.21. The fourth-order valence-electron chi connectivity index (χ4n) is 2.06. The van der Waals surface area contributed by atoms with Gasteiger partial charge in [-0.1, -0.05) is 18.5 Å². The van der Waals surface area contributed by atoms with Crippen molar-refractivity contribution in [3.05, 3.63) is 22.0 Å². The summed E-state index contributed by atoms with van der Waals surface area (Å²) in [5.41, 5.74) is 0. The maximum Gasteiger partial charge on any atom is 0.308 e. The van der Waals surface area contributed by atoms with Crippen LogP contribution in [0, 0.1) is 5.92 Å². The molecule has 5 nitrogen and oxygen atoms in total. The van der Waals surface area contributed by atoms with Crippen molar-refractivity contribution in [3.63, 3.8) is 0 Å². The average Bonchev–Trinajstić information content (AvgIpc) is 2.94. The number of phenolic OH excluding ortho intramolecular Hbond substituents is 1. The molecule has 0 fully saturated rings. The number of fused-ring (bicyclic) bond motifs is 1. The van der Waals surface area contributed by atoms with Crippen molar-refractivity contribution in [3.8, 4) is 11.5 Å². The van der Waals surface area contributed by atoms with Crippen molar-refractivity contribution in [2.75, 3.05) is 14.2 Å². The molecule has 0 aliphatic rings. The van der Waals surface area contributed by atoms with E-state index in [1.54, 1.807) is 19.1 Å². The van der Waals surface area contributed by atoms with Gasteiger partial charge in [0.25, 0.3) is 0 Å². The molecule has 1 aromatic heterocycles. The number of rotatable bonds is 5. The number of thiophene rings is 1. The van der Waals surface area contributed by atoms with Gasteiger partial charge in [-0.15, -0.1) is 11.3 Å². The van der Waals surface area contributed by atoms with Gasteiger partial charge in [-0.25, -0.2) is 0 Å². The smallest absolute Gasteiger partial charge is 0.308 e. The number of methoxy groups -OCH3 is 2. The second-order valence-electron chi connectivity index (χ2n) is 4.82. The summed E-state index contributed by atoms with van der Waals surface area (Å²) >= 11 is 7.34. The van der Waals surface area contributed by atoms with E-state index >= 15 is 0 Å². The Hall–Kier alpha value is -1.79. The van der Waals surface area contributed by atoms with Crippen molar-refractivity contribution in [2.24, 2.45) is 5.92 Å². The molecule has 0 saturated carbocycles. The molecule has 0 spiro atoms. The van der Waals surface area contributed by atoms with E-state index in [0.717, 1.165) is 4.70 Å². The highest BCUT2D eigenvalue weighted by atomic mass is 35.5. The largest absolute Gasteiger partial charge is 0.503 e. The monoisotopic (exact) mass is 342 g/mol. The fourth-order valence-corrected chi connectivity index (χ4v) is 3.42. The van der Waals surface area contributed by atoms with Crippen LogP contribution in [0.2, 0.25) is 5.02 Å². The topological polar surface area (TPSA) is 72.8 Å². The molecule has 1 unspecified atom stereocenters. The highest BCUT2D eigenvalue weighted by Gasteiger charge is 2.21. The number of carbonyl (C=O) groups is 2. The number of Topliss-reactive ketones (excluding diaryl/α,β-unsaturated/α-hetero) is 1. The number of phenols is 1. The first-order valence-corrected chi connectivity index (χ1v) is 7.68. The summed E-state index contributed by atoms with van der Waals surface area (Å²) in [6.07, 6.45) is 0.0558. The molecule has 1 N–H and O–H groups in total.